The highest BCUT2D eigenvalue weighted by Gasteiger charge is 2.19. The van der Waals surface area contributed by atoms with Crippen molar-refractivity contribution in [3.63, 3.8) is 0 Å². The van der Waals surface area contributed by atoms with Crippen molar-refractivity contribution in [2.24, 2.45) is 0 Å². The van der Waals surface area contributed by atoms with E-state index in [1.165, 1.54) is 0 Å². The quantitative estimate of drug-likeness (QED) is 0.744. The minimum absolute atomic E-state index is 0.0524. The fourth-order valence-electron chi connectivity index (χ4n) is 2.36. The number of para-hydroxylation sites is 1. The summed E-state index contributed by atoms with van der Waals surface area (Å²) in [6, 6.07) is 14.0. The number of nitrogens with one attached hydrogen (secondary N) is 2. The average molecular weight is 370 g/mol. The molecule has 6 nitrogen and oxygen atoms in total. The third-order valence-corrected chi connectivity index (χ3v) is 4.14. The first kappa shape index (κ1) is 20.3. The maximum absolute atomic E-state index is 12.5. The smallest absolute Gasteiger partial charge is 0.265 e. The molecule has 0 saturated carbocycles. The summed E-state index contributed by atoms with van der Waals surface area (Å²) in [5.41, 5.74) is 0.865. The lowest BCUT2D eigenvalue weighted by Gasteiger charge is -2.17. The summed E-state index contributed by atoms with van der Waals surface area (Å²) < 4.78 is 10.8. The van der Waals surface area contributed by atoms with Crippen LogP contribution < -0.4 is 20.1 Å². The van der Waals surface area contributed by atoms with Crippen LogP contribution in [0.25, 0.3) is 0 Å². The Morgan fingerprint density at radius 1 is 1.04 bits per heavy atom. The summed E-state index contributed by atoms with van der Waals surface area (Å²) in [6.45, 7) is 5.58. The van der Waals surface area contributed by atoms with Crippen molar-refractivity contribution in [1.82, 2.24) is 5.32 Å². The molecule has 2 aromatic rings. The van der Waals surface area contributed by atoms with Crippen LogP contribution in [0, 0.1) is 0 Å². The van der Waals surface area contributed by atoms with Gasteiger partial charge in [0.15, 0.2) is 6.10 Å². The van der Waals surface area contributed by atoms with Gasteiger partial charge in [0.25, 0.3) is 11.8 Å². The molecule has 0 aliphatic carbocycles. The third kappa shape index (κ3) is 5.74. The molecule has 2 amide bonds. The van der Waals surface area contributed by atoms with Crippen LogP contribution >= 0.6 is 0 Å². The van der Waals surface area contributed by atoms with Gasteiger partial charge in [-0.05, 0) is 44.5 Å². The average Bonchev–Trinajstić information content (AvgIpc) is 2.68. The molecule has 6 heteroatoms. The molecule has 0 fully saturated rings. The molecule has 2 rings (SSSR count). The normalized spacial score (nSPS) is 12.6. The molecule has 144 valence electrons. The van der Waals surface area contributed by atoms with Crippen molar-refractivity contribution in [3.8, 4) is 11.5 Å². The molecule has 0 aliphatic heterocycles. The molecule has 0 bridgehead atoms. The van der Waals surface area contributed by atoms with E-state index in [1.54, 1.807) is 62.6 Å². The molecule has 2 N–H and O–H groups in total. The largest absolute Gasteiger partial charge is 0.497 e. The van der Waals surface area contributed by atoms with Gasteiger partial charge in [0.2, 0.25) is 0 Å². The third-order valence-electron chi connectivity index (χ3n) is 4.14. The number of ether oxygens (including phenoxy) is 2. The van der Waals surface area contributed by atoms with E-state index >= 15 is 0 Å². The Bertz CT molecular complexity index is 791. The van der Waals surface area contributed by atoms with E-state index in [2.05, 4.69) is 10.6 Å². The molecular formula is C21H26N2O4. The molecule has 0 aliphatic rings. The lowest BCUT2D eigenvalue weighted by molar-refractivity contribution is -0.122. The molecule has 27 heavy (non-hydrogen) atoms. The van der Waals surface area contributed by atoms with Crippen molar-refractivity contribution in [3.05, 3.63) is 54.1 Å². The summed E-state index contributed by atoms with van der Waals surface area (Å²) >= 11 is 0. The maximum Gasteiger partial charge on any atom is 0.265 e. The van der Waals surface area contributed by atoms with Gasteiger partial charge in [0.1, 0.15) is 11.5 Å². The number of hydrogen-bond donors (Lipinski definition) is 2. The zero-order valence-corrected chi connectivity index (χ0v) is 16.1. The van der Waals surface area contributed by atoms with Gasteiger partial charge in [-0.25, -0.2) is 0 Å². The van der Waals surface area contributed by atoms with Crippen molar-refractivity contribution in [2.75, 3.05) is 12.4 Å². The van der Waals surface area contributed by atoms with E-state index in [0.29, 0.717) is 22.7 Å². The second-order valence-electron chi connectivity index (χ2n) is 6.26. The predicted octanol–water partition coefficient (Wildman–Crippen LogP) is 3.63. The molecule has 2 atom stereocenters. The monoisotopic (exact) mass is 370 g/mol. The van der Waals surface area contributed by atoms with E-state index in [-0.39, 0.29) is 17.9 Å². The summed E-state index contributed by atoms with van der Waals surface area (Å²) in [6.07, 6.45) is 0.0777. The summed E-state index contributed by atoms with van der Waals surface area (Å²) in [7, 11) is 1.57. The summed E-state index contributed by atoms with van der Waals surface area (Å²) in [5, 5.41) is 5.68. The molecule has 0 aromatic heterocycles. The second kappa shape index (κ2) is 9.62. The van der Waals surface area contributed by atoms with Crippen molar-refractivity contribution in [2.45, 2.75) is 39.3 Å². The molecular weight excluding hydrogens is 344 g/mol. The first-order chi connectivity index (χ1) is 12.9. The van der Waals surface area contributed by atoms with Crippen LogP contribution in [0.2, 0.25) is 0 Å². The number of hydrogen-bond acceptors (Lipinski definition) is 4. The number of anilines is 1. The van der Waals surface area contributed by atoms with Gasteiger partial charge in [-0.1, -0.05) is 25.1 Å². The van der Waals surface area contributed by atoms with Gasteiger partial charge >= 0.3 is 0 Å². The summed E-state index contributed by atoms with van der Waals surface area (Å²) in [5.74, 6) is 0.607. The highest BCUT2D eigenvalue weighted by Crippen LogP contribution is 2.21. The number of methoxy groups -OCH3 is 1. The SMILES string of the molecule is CC[C@H](C)NC(=O)c1ccccc1NC(=O)[C@H](C)Oc1cccc(OC)c1. The van der Waals surface area contributed by atoms with Gasteiger partial charge in [-0.3, -0.25) is 9.59 Å². The fraction of sp³-hybridized carbons (Fsp3) is 0.333. The van der Waals surface area contributed by atoms with Crippen molar-refractivity contribution < 1.29 is 19.1 Å². The Labute approximate surface area is 159 Å². The minimum atomic E-state index is -0.747. The first-order valence-electron chi connectivity index (χ1n) is 8.96. The first-order valence-corrected chi connectivity index (χ1v) is 8.96. The number of rotatable bonds is 8. The van der Waals surface area contributed by atoms with E-state index in [9.17, 15) is 9.59 Å². The van der Waals surface area contributed by atoms with E-state index in [4.69, 9.17) is 9.47 Å². The van der Waals surface area contributed by atoms with Crippen molar-refractivity contribution >= 4 is 17.5 Å². The van der Waals surface area contributed by atoms with Gasteiger partial charge in [0, 0.05) is 12.1 Å². The van der Waals surface area contributed by atoms with Gasteiger partial charge in [-0.15, -0.1) is 0 Å². The topological polar surface area (TPSA) is 76.7 Å². The highest BCUT2D eigenvalue weighted by molar-refractivity contribution is 6.04. The Kier molecular flexibility index (Phi) is 7.23. The van der Waals surface area contributed by atoms with Crippen LogP contribution in [0.1, 0.15) is 37.6 Å². The van der Waals surface area contributed by atoms with Crippen LogP contribution in [-0.4, -0.2) is 31.1 Å². The number of amides is 2. The van der Waals surface area contributed by atoms with E-state index in [1.807, 2.05) is 13.8 Å². The van der Waals surface area contributed by atoms with E-state index < -0.39 is 6.10 Å². The Morgan fingerprint density at radius 3 is 2.44 bits per heavy atom. The Morgan fingerprint density at radius 2 is 1.74 bits per heavy atom. The van der Waals surface area contributed by atoms with Crippen molar-refractivity contribution in [1.29, 1.82) is 0 Å². The van der Waals surface area contributed by atoms with Crippen LogP contribution in [0.4, 0.5) is 5.69 Å². The van der Waals surface area contributed by atoms with Crippen LogP contribution in [-0.2, 0) is 4.79 Å². The zero-order chi connectivity index (χ0) is 19.8. The molecule has 0 radical (unpaired) electrons. The maximum atomic E-state index is 12.5. The standard InChI is InChI=1S/C21H26N2O4/c1-5-14(2)22-21(25)18-11-6-7-12-19(18)23-20(24)15(3)27-17-10-8-9-16(13-17)26-4/h6-15H,5H2,1-4H3,(H,22,25)(H,23,24)/t14-,15-/m0/s1. The van der Waals surface area contributed by atoms with Gasteiger partial charge in [-0.2, -0.15) is 0 Å². The van der Waals surface area contributed by atoms with Gasteiger partial charge in [0.05, 0.1) is 18.4 Å². The Hall–Kier alpha value is -3.02. The number of carbonyl (C=O) groups is 2. The lowest BCUT2D eigenvalue weighted by atomic mass is 10.1. The van der Waals surface area contributed by atoms with Crippen LogP contribution in [0.15, 0.2) is 48.5 Å². The fourth-order valence-corrected chi connectivity index (χ4v) is 2.36. The van der Waals surface area contributed by atoms with Crippen LogP contribution in [0.3, 0.4) is 0 Å². The number of benzene rings is 2. The Balaban J connectivity index is 2.07. The number of carbonyl (C=O) groups excluding carboxylic acids is 2. The zero-order valence-electron chi connectivity index (χ0n) is 16.1. The molecule has 0 unspecified atom stereocenters. The molecule has 0 saturated heterocycles. The molecule has 0 spiro atoms. The summed E-state index contributed by atoms with van der Waals surface area (Å²) in [4.78, 5) is 25.0. The lowest BCUT2D eigenvalue weighted by Crippen LogP contribution is -2.34. The van der Waals surface area contributed by atoms with E-state index in [0.717, 1.165) is 6.42 Å². The molecule has 0 heterocycles. The minimum Gasteiger partial charge on any atom is -0.497 e. The molecule has 2 aromatic carbocycles. The highest BCUT2D eigenvalue weighted by atomic mass is 16.5. The van der Waals surface area contributed by atoms with Gasteiger partial charge < -0.3 is 20.1 Å². The predicted molar refractivity (Wildman–Crippen MR) is 105 cm³/mol. The second-order valence-corrected chi connectivity index (χ2v) is 6.26. The van der Waals surface area contributed by atoms with Crippen LogP contribution in [0.5, 0.6) is 11.5 Å².